The molecule has 0 aliphatic heterocycles. The number of hydrogen-bond donors (Lipinski definition) is 0. The van der Waals surface area contributed by atoms with Crippen molar-refractivity contribution in [1.82, 2.24) is 24.1 Å². The van der Waals surface area contributed by atoms with E-state index >= 15 is 0 Å². The molecule has 266 valence electrons. The lowest BCUT2D eigenvalue weighted by Gasteiger charge is -2.13. The fourth-order valence-electron chi connectivity index (χ4n) is 8.01. The van der Waals surface area contributed by atoms with Crippen molar-refractivity contribution >= 4 is 65.6 Å². The molecule has 0 N–H and O–H groups in total. The molecule has 0 bridgehead atoms. The predicted octanol–water partition coefficient (Wildman–Crippen LogP) is 13.0. The van der Waals surface area contributed by atoms with Gasteiger partial charge in [-0.05, 0) is 36.4 Å². The van der Waals surface area contributed by atoms with Crippen LogP contribution in [0.25, 0.3) is 111 Å². The Morgan fingerprint density at radius 1 is 0.439 bits per heavy atom. The minimum Gasteiger partial charge on any atom is -0.454 e. The Labute approximate surface area is 340 Å². The highest BCUT2D eigenvalue weighted by atomic mass is 16.3. The van der Waals surface area contributed by atoms with Gasteiger partial charge >= 0.3 is 0 Å². The van der Waals surface area contributed by atoms with E-state index in [1.165, 1.54) is 0 Å². The zero-order valence-corrected chi connectivity index (χ0v) is 29.8. The standard InChI is InChI=1S/C51H31N5O/c1-4-16-32(17-5-1)49-52-50(33-18-6-2-7-19-33)54-51(53-49)40-25-15-29-44-45(40)39-24-14-28-43(48(39)57-44)56-42-27-13-11-23-36(42)38-31-30-37-35-22-10-12-26-41(35)55(46(37)47(38)56)34-20-8-3-9-21-34/h1-31H/i10D,11D,12D,13D,22D,23D,26D,27D,30D,31D. The van der Waals surface area contributed by atoms with Crippen LogP contribution >= 0.6 is 0 Å². The molecule has 6 nitrogen and oxygen atoms in total. The number of para-hydroxylation sites is 4. The Hall–Kier alpha value is -7.83. The van der Waals surface area contributed by atoms with Gasteiger partial charge in [0.15, 0.2) is 23.1 Å². The molecule has 57 heavy (non-hydrogen) atoms. The van der Waals surface area contributed by atoms with E-state index in [2.05, 4.69) is 0 Å². The first-order valence-electron chi connectivity index (χ1n) is 23.3. The van der Waals surface area contributed by atoms with Gasteiger partial charge in [-0.2, -0.15) is 0 Å². The van der Waals surface area contributed by atoms with Crippen molar-refractivity contribution in [3.63, 3.8) is 0 Å². The smallest absolute Gasteiger partial charge is 0.164 e. The topological polar surface area (TPSA) is 61.7 Å². The Morgan fingerprint density at radius 2 is 0.982 bits per heavy atom. The predicted molar refractivity (Wildman–Crippen MR) is 232 cm³/mol. The molecule has 0 saturated heterocycles. The van der Waals surface area contributed by atoms with Crippen molar-refractivity contribution < 1.29 is 18.1 Å². The molecule has 12 aromatic rings. The van der Waals surface area contributed by atoms with Crippen molar-refractivity contribution in [1.29, 1.82) is 0 Å². The summed E-state index contributed by atoms with van der Waals surface area (Å²) in [5, 5.41) is 1.38. The molecule has 12 rings (SSSR count). The van der Waals surface area contributed by atoms with Crippen LogP contribution in [0.3, 0.4) is 0 Å². The third kappa shape index (κ3) is 4.74. The largest absolute Gasteiger partial charge is 0.454 e. The van der Waals surface area contributed by atoms with Crippen molar-refractivity contribution in [3.05, 3.63) is 188 Å². The SMILES string of the molecule is [2H]c1c([2H])c([2H])c2c(c1[2H])c1c([2H])c([2H])c3c4c([2H])c([2H])c([2H])c([2H])c4n(-c4cccc5c4oc4cccc(-c6nc(-c7ccccc7)nc(-c7ccccc7)n6)c45)c3c1n2-c1ccccc1. The van der Waals surface area contributed by atoms with E-state index < -0.39 is 42.3 Å². The van der Waals surface area contributed by atoms with Gasteiger partial charge in [-0.15, -0.1) is 0 Å². The van der Waals surface area contributed by atoms with Gasteiger partial charge in [0.2, 0.25) is 0 Å². The summed E-state index contributed by atoms with van der Waals surface area (Å²) in [6, 6.07) is 34.8. The minimum absolute atomic E-state index is 0.00769. The number of rotatable bonds is 5. The van der Waals surface area contributed by atoms with Crippen LogP contribution in [0.1, 0.15) is 13.7 Å². The second-order valence-electron chi connectivity index (χ2n) is 13.6. The molecule has 0 amide bonds. The molecule has 0 unspecified atom stereocenters. The van der Waals surface area contributed by atoms with Crippen LogP contribution in [0.4, 0.5) is 0 Å². The van der Waals surface area contributed by atoms with E-state index in [1.807, 2.05) is 84.9 Å². The molecule has 8 aromatic carbocycles. The number of nitrogens with zero attached hydrogens (tertiary/aromatic N) is 5. The minimum atomic E-state index is -0.528. The molecule has 0 saturated carbocycles. The third-order valence-corrected chi connectivity index (χ3v) is 10.4. The monoisotopic (exact) mass is 739 g/mol. The first-order valence-corrected chi connectivity index (χ1v) is 18.3. The zero-order chi connectivity index (χ0) is 46.2. The summed E-state index contributed by atoms with van der Waals surface area (Å²) in [6.45, 7) is 0. The summed E-state index contributed by atoms with van der Waals surface area (Å²) in [7, 11) is 0. The fourth-order valence-corrected chi connectivity index (χ4v) is 8.01. The summed E-state index contributed by atoms with van der Waals surface area (Å²) in [4.78, 5) is 14.9. The number of fused-ring (bicyclic) bond motifs is 10. The van der Waals surface area contributed by atoms with Crippen LogP contribution in [-0.2, 0) is 0 Å². The van der Waals surface area contributed by atoms with Crippen LogP contribution in [-0.4, -0.2) is 24.1 Å². The van der Waals surface area contributed by atoms with Gasteiger partial charge in [-0.3, -0.25) is 0 Å². The maximum atomic E-state index is 9.66. The van der Waals surface area contributed by atoms with Gasteiger partial charge in [0, 0.05) is 54.7 Å². The fraction of sp³-hybridized carbons (Fsp3) is 0. The average molecular weight is 740 g/mol. The van der Waals surface area contributed by atoms with E-state index in [9.17, 15) is 8.22 Å². The van der Waals surface area contributed by atoms with Gasteiger partial charge in [0.25, 0.3) is 0 Å². The molecule has 0 fully saturated rings. The second-order valence-corrected chi connectivity index (χ2v) is 13.6. The van der Waals surface area contributed by atoms with E-state index in [4.69, 9.17) is 24.9 Å². The first-order chi connectivity index (χ1) is 32.5. The quantitative estimate of drug-likeness (QED) is 0.176. The molecule has 0 aliphatic rings. The van der Waals surface area contributed by atoms with Crippen molar-refractivity contribution in [2.75, 3.05) is 0 Å². The molecule has 0 atom stereocenters. The molecule has 0 spiro atoms. The average Bonchev–Trinajstić information content (AvgIpc) is 4.05. The van der Waals surface area contributed by atoms with E-state index in [-0.39, 0.29) is 61.7 Å². The van der Waals surface area contributed by atoms with Crippen LogP contribution in [0, 0.1) is 0 Å². The van der Waals surface area contributed by atoms with Crippen LogP contribution < -0.4 is 0 Å². The van der Waals surface area contributed by atoms with Crippen molar-refractivity contribution in [2.45, 2.75) is 0 Å². The molecule has 4 heterocycles. The zero-order valence-electron chi connectivity index (χ0n) is 39.8. The molecule has 6 heteroatoms. The number of benzene rings is 8. The van der Waals surface area contributed by atoms with Gasteiger partial charge < -0.3 is 13.6 Å². The lowest BCUT2D eigenvalue weighted by Crippen LogP contribution is -2.00. The highest BCUT2D eigenvalue weighted by molar-refractivity contribution is 6.24. The van der Waals surface area contributed by atoms with Crippen LogP contribution in [0.5, 0.6) is 0 Å². The van der Waals surface area contributed by atoms with E-state index in [0.29, 0.717) is 56.3 Å². The summed E-state index contributed by atoms with van der Waals surface area (Å²) >= 11 is 0. The van der Waals surface area contributed by atoms with Gasteiger partial charge in [0.1, 0.15) is 5.58 Å². The van der Waals surface area contributed by atoms with Crippen LogP contribution in [0.2, 0.25) is 0 Å². The Kier molecular flexibility index (Phi) is 5.02. The summed E-state index contributed by atoms with van der Waals surface area (Å²) in [6.07, 6.45) is 0. The van der Waals surface area contributed by atoms with Crippen LogP contribution in [0.15, 0.2) is 192 Å². The Balaban J connectivity index is 1.26. The lowest BCUT2D eigenvalue weighted by molar-refractivity contribution is 0.666. The Morgan fingerprint density at radius 3 is 1.63 bits per heavy atom. The maximum Gasteiger partial charge on any atom is 0.164 e. The first kappa shape index (κ1) is 23.2. The molecular formula is C51H31N5O. The molecular weight excluding hydrogens is 699 g/mol. The number of hydrogen-bond acceptors (Lipinski definition) is 4. The number of furan rings is 1. The van der Waals surface area contributed by atoms with E-state index in [1.54, 1.807) is 51.6 Å². The van der Waals surface area contributed by atoms with Gasteiger partial charge in [-0.25, -0.2) is 15.0 Å². The summed E-state index contributed by atoms with van der Waals surface area (Å²) in [5.41, 5.74) is 4.29. The number of aromatic nitrogens is 5. The normalized spacial score (nSPS) is 14.3. The molecule has 0 aliphatic carbocycles. The van der Waals surface area contributed by atoms with Gasteiger partial charge in [-0.1, -0.05) is 151 Å². The Bertz CT molecular complexity index is 4040. The van der Waals surface area contributed by atoms with Crippen molar-refractivity contribution in [2.24, 2.45) is 0 Å². The maximum absolute atomic E-state index is 9.66. The second kappa shape index (κ2) is 12.3. The summed E-state index contributed by atoms with van der Waals surface area (Å²) in [5.74, 6) is 1.32. The summed E-state index contributed by atoms with van der Waals surface area (Å²) < 4.78 is 102. The van der Waals surface area contributed by atoms with Crippen molar-refractivity contribution in [3.8, 4) is 45.5 Å². The lowest BCUT2D eigenvalue weighted by atomic mass is 10.0. The molecule has 0 radical (unpaired) electrons. The van der Waals surface area contributed by atoms with E-state index in [0.717, 1.165) is 11.1 Å². The highest BCUT2D eigenvalue weighted by Crippen LogP contribution is 2.44. The van der Waals surface area contributed by atoms with Gasteiger partial charge in [0.05, 0.1) is 41.5 Å². The highest BCUT2D eigenvalue weighted by Gasteiger charge is 2.24. The molecule has 4 aromatic heterocycles. The third-order valence-electron chi connectivity index (χ3n) is 10.4.